The molecule has 10 heteroatoms. The van der Waals surface area contributed by atoms with Crippen molar-refractivity contribution < 1.29 is 27.9 Å². The number of hydrogen-bond donors (Lipinski definition) is 4. The summed E-state index contributed by atoms with van der Waals surface area (Å²) in [7, 11) is -1.41. The van der Waals surface area contributed by atoms with Crippen LogP contribution in [0.15, 0.2) is 47.4 Å². The highest BCUT2D eigenvalue weighted by atomic mass is 32.2. The predicted octanol–water partition coefficient (Wildman–Crippen LogP) is 1.73. The van der Waals surface area contributed by atoms with Crippen LogP contribution in [0.25, 0.3) is 0 Å². The van der Waals surface area contributed by atoms with Gasteiger partial charge >= 0.3 is 12.0 Å². The number of urea groups is 1. The average Bonchev–Trinajstić information content (AvgIpc) is 2.62. The number of carbonyl (C=O) groups excluding carboxylic acids is 2. The SMILES string of the molecule is CNC(=O)Nc1ccc(NS(=O)(=O)c2ccc(O)c(C(=O)OC)c2)cc1. The number of methoxy groups -OCH3 is 1. The molecule has 9 nitrogen and oxygen atoms in total. The highest BCUT2D eigenvalue weighted by molar-refractivity contribution is 7.92. The number of aromatic hydroxyl groups is 1. The number of anilines is 2. The van der Waals surface area contributed by atoms with Gasteiger partial charge in [-0.1, -0.05) is 0 Å². The molecule has 0 saturated heterocycles. The molecule has 4 N–H and O–H groups in total. The van der Waals surface area contributed by atoms with E-state index < -0.39 is 22.0 Å². The van der Waals surface area contributed by atoms with Gasteiger partial charge in [-0.3, -0.25) is 4.72 Å². The van der Waals surface area contributed by atoms with E-state index >= 15 is 0 Å². The standard InChI is InChI=1S/C16H17N3O6S/c1-17-16(22)18-10-3-5-11(6-4-10)19-26(23,24)12-7-8-14(20)13(9-12)15(21)25-2/h3-9,19-20H,1-2H3,(H2,17,18,22). The Kier molecular flexibility index (Phi) is 5.68. The van der Waals surface area contributed by atoms with Crippen molar-refractivity contribution >= 4 is 33.4 Å². The van der Waals surface area contributed by atoms with Crippen molar-refractivity contribution in [3.63, 3.8) is 0 Å². The van der Waals surface area contributed by atoms with E-state index in [9.17, 15) is 23.1 Å². The summed E-state index contributed by atoms with van der Waals surface area (Å²) in [5.41, 5.74) is 0.463. The van der Waals surface area contributed by atoms with E-state index in [4.69, 9.17) is 0 Å². The fourth-order valence-corrected chi connectivity index (χ4v) is 3.07. The van der Waals surface area contributed by atoms with Crippen molar-refractivity contribution in [2.45, 2.75) is 4.90 Å². The van der Waals surface area contributed by atoms with Crippen LogP contribution >= 0.6 is 0 Å². The summed E-state index contributed by atoms with van der Waals surface area (Å²) in [6.07, 6.45) is 0. The molecule has 0 unspecified atom stereocenters. The summed E-state index contributed by atoms with van der Waals surface area (Å²) >= 11 is 0. The van der Waals surface area contributed by atoms with Gasteiger partial charge in [0.1, 0.15) is 11.3 Å². The second-order valence-electron chi connectivity index (χ2n) is 5.06. The minimum Gasteiger partial charge on any atom is -0.507 e. The number of amides is 2. The molecule has 0 atom stereocenters. The maximum absolute atomic E-state index is 12.5. The molecule has 0 bridgehead atoms. The molecule has 2 rings (SSSR count). The van der Waals surface area contributed by atoms with Crippen LogP contribution in [0.4, 0.5) is 16.2 Å². The first-order valence-corrected chi connectivity index (χ1v) is 8.78. The first kappa shape index (κ1) is 19.1. The van der Waals surface area contributed by atoms with E-state index in [1.165, 1.54) is 31.3 Å². The lowest BCUT2D eigenvalue weighted by molar-refractivity contribution is 0.0597. The Bertz CT molecular complexity index is 926. The van der Waals surface area contributed by atoms with Crippen molar-refractivity contribution in [1.29, 1.82) is 0 Å². The molecule has 0 radical (unpaired) electrons. The second kappa shape index (κ2) is 7.74. The lowest BCUT2D eigenvalue weighted by Crippen LogP contribution is -2.24. The molecule has 0 aliphatic rings. The minimum atomic E-state index is -4.00. The van der Waals surface area contributed by atoms with Gasteiger partial charge < -0.3 is 20.5 Å². The normalized spacial score (nSPS) is 10.7. The fourth-order valence-electron chi connectivity index (χ4n) is 1.99. The molecule has 138 valence electrons. The summed E-state index contributed by atoms with van der Waals surface area (Å²) < 4.78 is 31.8. The number of ether oxygens (including phenoxy) is 1. The van der Waals surface area contributed by atoms with Gasteiger partial charge in [0, 0.05) is 18.4 Å². The third kappa shape index (κ3) is 4.42. The first-order chi connectivity index (χ1) is 12.3. The van der Waals surface area contributed by atoms with Crippen LogP contribution in [0.3, 0.4) is 0 Å². The largest absolute Gasteiger partial charge is 0.507 e. The average molecular weight is 379 g/mol. The van der Waals surface area contributed by atoms with Gasteiger partial charge in [0.05, 0.1) is 12.0 Å². The third-order valence-corrected chi connectivity index (χ3v) is 4.68. The number of rotatable bonds is 5. The van der Waals surface area contributed by atoms with Crippen LogP contribution in [0, 0.1) is 0 Å². The van der Waals surface area contributed by atoms with Crippen molar-refractivity contribution in [3.8, 4) is 5.75 Å². The zero-order valence-corrected chi connectivity index (χ0v) is 14.8. The molecular weight excluding hydrogens is 362 g/mol. The summed E-state index contributed by atoms with van der Waals surface area (Å²) in [4.78, 5) is 22.6. The fraction of sp³-hybridized carbons (Fsp3) is 0.125. The summed E-state index contributed by atoms with van der Waals surface area (Å²) in [5.74, 6) is -1.25. The minimum absolute atomic E-state index is 0.219. The quantitative estimate of drug-likeness (QED) is 0.585. The van der Waals surface area contributed by atoms with E-state index in [0.29, 0.717) is 5.69 Å². The molecule has 26 heavy (non-hydrogen) atoms. The highest BCUT2D eigenvalue weighted by Crippen LogP contribution is 2.24. The Balaban J connectivity index is 2.23. The van der Waals surface area contributed by atoms with Crippen molar-refractivity contribution in [1.82, 2.24) is 5.32 Å². The van der Waals surface area contributed by atoms with Crippen LogP contribution in [0.5, 0.6) is 5.75 Å². The second-order valence-corrected chi connectivity index (χ2v) is 6.74. The number of carbonyl (C=O) groups is 2. The molecule has 0 aliphatic heterocycles. The topological polar surface area (TPSA) is 134 Å². The molecular formula is C16H17N3O6S. The lowest BCUT2D eigenvalue weighted by atomic mass is 10.2. The van der Waals surface area contributed by atoms with Gasteiger partial charge in [-0.15, -0.1) is 0 Å². The molecule has 0 saturated carbocycles. The van der Waals surface area contributed by atoms with Crippen molar-refractivity contribution in [3.05, 3.63) is 48.0 Å². The molecule has 0 aromatic heterocycles. The number of esters is 1. The molecule has 2 aromatic rings. The summed E-state index contributed by atoms with van der Waals surface area (Å²) in [6.45, 7) is 0. The monoisotopic (exact) mass is 379 g/mol. The summed E-state index contributed by atoms with van der Waals surface area (Å²) in [5, 5.41) is 14.6. The van der Waals surface area contributed by atoms with Gasteiger partial charge in [-0.05, 0) is 42.5 Å². The number of nitrogens with one attached hydrogen (secondary N) is 3. The number of benzene rings is 2. The number of hydrogen-bond acceptors (Lipinski definition) is 6. The lowest BCUT2D eigenvalue weighted by Gasteiger charge is -2.11. The van der Waals surface area contributed by atoms with E-state index in [-0.39, 0.29) is 21.9 Å². The Hall–Kier alpha value is -3.27. The summed E-state index contributed by atoms with van der Waals surface area (Å²) in [6, 6.07) is 8.83. The van der Waals surface area contributed by atoms with Crippen LogP contribution in [0.2, 0.25) is 0 Å². The maximum Gasteiger partial charge on any atom is 0.341 e. The maximum atomic E-state index is 12.5. The molecule has 0 fully saturated rings. The van der Waals surface area contributed by atoms with Crippen molar-refractivity contribution in [2.24, 2.45) is 0 Å². The third-order valence-electron chi connectivity index (χ3n) is 3.31. The van der Waals surface area contributed by atoms with Gasteiger partial charge in [-0.2, -0.15) is 0 Å². The Labute approximate surface area is 150 Å². The van der Waals surface area contributed by atoms with Crippen LogP contribution in [-0.4, -0.2) is 39.7 Å². The zero-order valence-electron chi connectivity index (χ0n) is 13.9. The first-order valence-electron chi connectivity index (χ1n) is 7.30. The molecule has 2 amide bonds. The molecule has 2 aromatic carbocycles. The van der Waals surface area contributed by atoms with E-state index in [2.05, 4.69) is 20.1 Å². The number of phenolic OH excluding ortho intramolecular Hbond substituents is 1. The van der Waals surface area contributed by atoms with E-state index in [1.54, 1.807) is 0 Å². The Morgan fingerprint density at radius 2 is 1.65 bits per heavy atom. The number of sulfonamides is 1. The van der Waals surface area contributed by atoms with Gasteiger partial charge in [-0.25, -0.2) is 18.0 Å². The molecule has 0 heterocycles. The molecule has 0 spiro atoms. The van der Waals surface area contributed by atoms with Crippen LogP contribution < -0.4 is 15.4 Å². The van der Waals surface area contributed by atoms with Crippen LogP contribution in [-0.2, 0) is 14.8 Å². The predicted molar refractivity (Wildman–Crippen MR) is 94.8 cm³/mol. The van der Waals surface area contributed by atoms with Crippen molar-refractivity contribution in [2.75, 3.05) is 24.2 Å². The van der Waals surface area contributed by atoms with Gasteiger partial charge in [0.25, 0.3) is 10.0 Å². The number of phenols is 1. The zero-order chi connectivity index (χ0) is 19.3. The van der Waals surface area contributed by atoms with Gasteiger partial charge in [0.2, 0.25) is 0 Å². The van der Waals surface area contributed by atoms with E-state index in [1.807, 2.05) is 0 Å². The van der Waals surface area contributed by atoms with Gasteiger partial charge in [0.15, 0.2) is 0 Å². The smallest absolute Gasteiger partial charge is 0.341 e. The van der Waals surface area contributed by atoms with Crippen LogP contribution in [0.1, 0.15) is 10.4 Å². The Morgan fingerprint density at radius 3 is 2.23 bits per heavy atom. The van der Waals surface area contributed by atoms with E-state index in [0.717, 1.165) is 25.3 Å². The highest BCUT2D eigenvalue weighted by Gasteiger charge is 2.19. The molecule has 0 aliphatic carbocycles. The Morgan fingerprint density at radius 1 is 1.04 bits per heavy atom.